The average molecular weight is 138 g/mol. The predicted octanol–water partition coefficient (Wildman–Crippen LogP) is 1.72. The Balaban J connectivity index is 2.39. The van der Waals surface area contributed by atoms with E-state index in [1.165, 1.54) is 12.0 Å². The molecule has 1 heteroatoms. The van der Waals surface area contributed by atoms with Crippen molar-refractivity contribution in [1.82, 2.24) is 0 Å². The van der Waals surface area contributed by atoms with Crippen LogP contribution < -0.4 is 0 Å². The van der Waals surface area contributed by atoms with Crippen molar-refractivity contribution in [2.75, 3.05) is 0 Å². The summed E-state index contributed by atoms with van der Waals surface area (Å²) in [6.07, 6.45) is 4.30. The Labute approximate surface area is 61.8 Å². The summed E-state index contributed by atoms with van der Waals surface area (Å²) < 4.78 is 0. The Hall–Kier alpha value is -0.300. The molecule has 2 aliphatic carbocycles. The number of aliphatic hydroxyl groups is 1. The number of rotatable bonds is 0. The minimum atomic E-state index is -0.117. The van der Waals surface area contributed by atoms with Crippen molar-refractivity contribution in [3.63, 3.8) is 0 Å². The largest absolute Gasteiger partial charge is 0.389 e. The molecule has 1 saturated carbocycles. The van der Waals surface area contributed by atoms with Crippen LogP contribution in [-0.4, -0.2) is 11.2 Å². The Kier molecular flexibility index (Phi) is 1.06. The summed E-state index contributed by atoms with van der Waals surface area (Å²) in [7, 11) is 0. The second-order valence-corrected chi connectivity index (χ2v) is 4.07. The summed E-state index contributed by atoms with van der Waals surface area (Å²) >= 11 is 0. The second-order valence-electron chi connectivity index (χ2n) is 4.07. The highest BCUT2D eigenvalue weighted by molar-refractivity contribution is 5.29. The lowest BCUT2D eigenvalue weighted by atomic mass is 9.83. The normalized spacial score (nSPS) is 42.1. The summed E-state index contributed by atoms with van der Waals surface area (Å²) in [6, 6.07) is 0. The molecule has 0 aromatic heterocycles. The quantitative estimate of drug-likeness (QED) is 0.505. The van der Waals surface area contributed by atoms with Gasteiger partial charge in [0.2, 0.25) is 0 Å². The van der Waals surface area contributed by atoms with Crippen molar-refractivity contribution in [3.05, 3.63) is 11.6 Å². The van der Waals surface area contributed by atoms with Gasteiger partial charge in [0.25, 0.3) is 0 Å². The summed E-state index contributed by atoms with van der Waals surface area (Å²) in [4.78, 5) is 0. The molecular weight excluding hydrogens is 124 g/mol. The van der Waals surface area contributed by atoms with E-state index in [0.29, 0.717) is 5.41 Å². The lowest BCUT2D eigenvalue weighted by Gasteiger charge is -2.21. The van der Waals surface area contributed by atoms with Crippen LogP contribution >= 0.6 is 0 Å². The van der Waals surface area contributed by atoms with Gasteiger partial charge in [0.05, 0.1) is 6.10 Å². The zero-order chi connectivity index (χ0) is 7.35. The van der Waals surface area contributed by atoms with E-state index in [9.17, 15) is 5.11 Å². The second kappa shape index (κ2) is 1.65. The molecular formula is C9H14O. The maximum absolute atomic E-state index is 9.49. The number of hydrogen-bond acceptors (Lipinski definition) is 1. The molecule has 0 aromatic carbocycles. The zero-order valence-corrected chi connectivity index (χ0v) is 6.59. The average Bonchev–Trinajstić information content (AvgIpc) is 2.20. The van der Waals surface area contributed by atoms with Crippen LogP contribution in [0.4, 0.5) is 0 Å². The maximum atomic E-state index is 9.49. The van der Waals surface area contributed by atoms with Crippen molar-refractivity contribution in [3.8, 4) is 0 Å². The fourth-order valence-electron chi connectivity index (χ4n) is 2.42. The molecule has 10 heavy (non-hydrogen) atoms. The molecule has 2 aliphatic rings. The minimum absolute atomic E-state index is 0.117. The van der Waals surface area contributed by atoms with Crippen LogP contribution in [-0.2, 0) is 0 Å². The Bertz CT molecular complexity index is 191. The van der Waals surface area contributed by atoms with Gasteiger partial charge in [-0.1, -0.05) is 19.9 Å². The van der Waals surface area contributed by atoms with Gasteiger partial charge in [0.15, 0.2) is 0 Å². The molecule has 0 amide bonds. The molecule has 2 bridgehead atoms. The van der Waals surface area contributed by atoms with Crippen LogP contribution in [0, 0.1) is 11.3 Å². The highest BCUT2D eigenvalue weighted by Gasteiger charge is 2.46. The summed E-state index contributed by atoms with van der Waals surface area (Å²) in [5.41, 5.74) is 1.59. The molecule has 2 rings (SSSR count). The monoisotopic (exact) mass is 138 g/mol. The molecule has 0 heterocycles. The molecule has 2 unspecified atom stereocenters. The van der Waals surface area contributed by atoms with Gasteiger partial charge in [0, 0.05) is 0 Å². The first-order valence-electron chi connectivity index (χ1n) is 4.01. The summed E-state index contributed by atoms with van der Waals surface area (Å²) in [5.74, 6) is 0.720. The fraction of sp³-hybridized carbons (Fsp3) is 0.778. The van der Waals surface area contributed by atoms with Crippen molar-refractivity contribution < 1.29 is 5.11 Å². The third-order valence-corrected chi connectivity index (χ3v) is 3.25. The van der Waals surface area contributed by atoms with Crippen LogP contribution in [0.5, 0.6) is 0 Å². The molecule has 2 atom stereocenters. The lowest BCUT2D eigenvalue weighted by Crippen LogP contribution is -2.13. The highest BCUT2D eigenvalue weighted by atomic mass is 16.3. The SMILES string of the molecule is CC1(C)C2=CCC1CC2O. The topological polar surface area (TPSA) is 20.2 Å². The van der Waals surface area contributed by atoms with E-state index in [1.807, 2.05) is 0 Å². The van der Waals surface area contributed by atoms with Crippen LogP contribution in [0.3, 0.4) is 0 Å². The van der Waals surface area contributed by atoms with Gasteiger partial charge in [-0.2, -0.15) is 0 Å². The van der Waals surface area contributed by atoms with Gasteiger partial charge in [-0.3, -0.25) is 0 Å². The van der Waals surface area contributed by atoms with Crippen LogP contribution in [0.1, 0.15) is 26.7 Å². The molecule has 0 aliphatic heterocycles. The highest BCUT2D eigenvalue weighted by Crippen LogP contribution is 2.53. The van der Waals surface area contributed by atoms with Gasteiger partial charge >= 0.3 is 0 Å². The van der Waals surface area contributed by atoms with Gasteiger partial charge in [-0.15, -0.1) is 0 Å². The molecule has 0 radical (unpaired) electrons. The Morgan fingerprint density at radius 2 is 2.30 bits per heavy atom. The van der Waals surface area contributed by atoms with E-state index >= 15 is 0 Å². The summed E-state index contributed by atoms with van der Waals surface area (Å²) in [6.45, 7) is 4.49. The standard InChI is InChI=1S/C9H14O/c1-9(2)6-3-4-7(9)8(10)5-6/h4,6,8,10H,3,5H2,1-2H3. The molecule has 56 valence electrons. The van der Waals surface area contributed by atoms with Gasteiger partial charge in [0.1, 0.15) is 0 Å². The van der Waals surface area contributed by atoms with E-state index in [0.717, 1.165) is 12.3 Å². The first-order valence-corrected chi connectivity index (χ1v) is 4.01. The third kappa shape index (κ3) is 0.567. The van der Waals surface area contributed by atoms with Crippen molar-refractivity contribution in [2.45, 2.75) is 32.8 Å². The van der Waals surface area contributed by atoms with E-state index in [2.05, 4.69) is 19.9 Å². The van der Waals surface area contributed by atoms with Crippen LogP contribution in [0.2, 0.25) is 0 Å². The fourth-order valence-corrected chi connectivity index (χ4v) is 2.42. The van der Waals surface area contributed by atoms with E-state index in [4.69, 9.17) is 0 Å². The predicted molar refractivity (Wildman–Crippen MR) is 40.6 cm³/mol. The van der Waals surface area contributed by atoms with Crippen LogP contribution in [0.15, 0.2) is 11.6 Å². The van der Waals surface area contributed by atoms with Gasteiger partial charge in [-0.05, 0) is 29.7 Å². The molecule has 0 aromatic rings. The van der Waals surface area contributed by atoms with E-state index in [1.54, 1.807) is 0 Å². The summed E-state index contributed by atoms with van der Waals surface area (Å²) in [5, 5.41) is 9.49. The van der Waals surface area contributed by atoms with E-state index in [-0.39, 0.29) is 6.10 Å². The molecule has 1 nitrogen and oxygen atoms in total. The maximum Gasteiger partial charge on any atom is 0.0758 e. The molecule has 0 spiro atoms. The minimum Gasteiger partial charge on any atom is -0.389 e. The third-order valence-electron chi connectivity index (χ3n) is 3.25. The first-order chi connectivity index (χ1) is 4.62. The molecule has 1 N–H and O–H groups in total. The Morgan fingerprint density at radius 3 is 2.50 bits per heavy atom. The van der Waals surface area contributed by atoms with Crippen molar-refractivity contribution >= 4 is 0 Å². The lowest BCUT2D eigenvalue weighted by molar-refractivity contribution is 0.201. The molecule has 0 saturated heterocycles. The number of fused-ring (bicyclic) bond motifs is 2. The van der Waals surface area contributed by atoms with Crippen molar-refractivity contribution in [1.29, 1.82) is 0 Å². The molecule has 1 fully saturated rings. The van der Waals surface area contributed by atoms with Gasteiger partial charge in [-0.25, -0.2) is 0 Å². The Morgan fingerprint density at radius 1 is 1.60 bits per heavy atom. The van der Waals surface area contributed by atoms with Crippen molar-refractivity contribution in [2.24, 2.45) is 11.3 Å². The number of hydrogen-bond donors (Lipinski definition) is 1. The zero-order valence-electron chi connectivity index (χ0n) is 6.59. The first kappa shape index (κ1) is 6.41. The number of allylic oxidation sites excluding steroid dienone is 1. The number of aliphatic hydroxyl groups excluding tert-OH is 1. The van der Waals surface area contributed by atoms with E-state index < -0.39 is 0 Å². The van der Waals surface area contributed by atoms with Crippen LogP contribution in [0.25, 0.3) is 0 Å². The van der Waals surface area contributed by atoms with Gasteiger partial charge < -0.3 is 5.11 Å². The smallest absolute Gasteiger partial charge is 0.0758 e.